The van der Waals surface area contributed by atoms with Gasteiger partial charge in [-0.1, -0.05) is 12.1 Å². The van der Waals surface area contributed by atoms with E-state index in [0.29, 0.717) is 5.56 Å². The molecule has 1 aromatic rings. The Kier molecular flexibility index (Phi) is 4.02. The summed E-state index contributed by atoms with van der Waals surface area (Å²) in [6.45, 7) is 5.81. The summed E-state index contributed by atoms with van der Waals surface area (Å²) in [5.41, 5.74) is -0.657. The van der Waals surface area contributed by atoms with E-state index < -0.39 is 17.8 Å². The van der Waals surface area contributed by atoms with Crippen LogP contribution >= 0.6 is 0 Å². The Balaban J connectivity index is 2.25. The fourth-order valence-corrected chi connectivity index (χ4v) is 2.34. The van der Waals surface area contributed by atoms with Gasteiger partial charge < -0.3 is 9.64 Å². The second kappa shape index (κ2) is 5.33. The molecule has 0 aromatic heterocycles. The third-order valence-electron chi connectivity index (χ3n) is 3.45. The van der Waals surface area contributed by atoms with Crippen molar-refractivity contribution >= 4 is 5.91 Å². The molecule has 0 bridgehead atoms. The van der Waals surface area contributed by atoms with E-state index in [2.05, 4.69) is 0 Å². The number of ether oxygens (including phenoxy) is 1. The first kappa shape index (κ1) is 15.8. The van der Waals surface area contributed by atoms with Gasteiger partial charge in [-0.15, -0.1) is 0 Å². The molecule has 21 heavy (non-hydrogen) atoms. The Hall–Kier alpha value is -1.56. The number of carbonyl (C=O) groups is 1. The molecule has 2 rings (SSSR count). The van der Waals surface area contributed by atoms with E-state index in [1.807, 2.05) is 20.8 Å². The predicted molar refractivity (Wildman–Crippen MR) is 71.6 cm³/mol. The van der Waals surface area contributed by atoms with Crippen LogP contribution in [0, 0.1) is 0 Å². The molecule has 1 heterocycles. The lowest BCUT2D eigenvalue weighted by Gasteiger charge is -2.41. The summed E-state index contributed by atoms with van der Waals surface area (Å²) in [6.07, 6.45) is -4.92. The molecule has 0 saturated carbocycles. The highest BCUT2D eigenvalue weighted by Crippen LogP contribution is 2.33. The van der Waals surface area contributed by atoms with Crippen molar-refractivity contribution in [3.8, 4) is 0 Å². The molecule has 1 amide bonds. The first-order valence-corrected chi connectivity index (χ1v) is 6.68. The minimum Gasteiger partial charge on any atom is -0.362 e. The van der Waals surface area contributed by atoms with Gasteiger partial charge in [0.15, 0.2) is 0 Å². The summed E-state index contributed by atoms with van der Waals surface area (Å²) in [4.78, 5) is 13.5. The molecule has 0 N–H and O–H groups in total. The van der Waals surface area contributed by atoms with Crippen LogP contribution in [0.1, 0.15) is 38.0 Å². The maximum atomic E-state index is 12.8. The van der Waals surface area contributed by atoms with Gasteiger partial charge in [0.2, 0.25) is 5.91 Å². The van der Waals surface area contributed by atoms with Crippen molar-refractivity contribution < 1.29 is 22.7 Å². The van der Waals surface area contributed by atoms with Gasteiger partial charge in [-0.3, -0.25) is 4.79 Å². The standard InChI is InChI=1S/C15H18F3NO2/c1-14(2,3)19-8-12(21-9-13(19)20)10-5-4-6-11(7-10)15(16,17)18/h4-7,12H,8-9H2,1-3H3. The average Bonchev–Trinajstić information content (AvgIpc) is 2.37. The van der Waals surface area contributed by atoms with Crippen LogP contribution < -0.4 is 0 Å². The summed E-state index contributed by atoms with van der Waals surface area (Å²) in [7, 11) is 0. The fraction of sp³-hybridized carbons (Fsp3) is 0.533. The highest BCUT2D eigenvalue weighted by atomic mass is 19.4. The van der Waals surface area contributed by atoms with Crippen molar-refractivity contribution in [3.05, 3.63) is 35.4 Å². The van der Waals surface area contributed by atoms with E-state index in [-0.39, 0.29) is 24.6 Å². The van der Waals surface area contributed by atoms with Gasteiger partial charge >= 0.3 is 6.18 Å². The second-order valence-electron chi connectivity index (χ2n) is 6.10. The number of carbonyl (C=O) groups excluding carboxylic acids is 1. The maximum absolute atomic E-state index is 12.8. The Morgan fingerprint density at radius 2 is 1.90 bits per heavy atom. The number of amides is 1. The number of halogens is 3. The first-order chi connectivity index (χ1) is 9.59. The van der Waals surface area contributed by atoms with Crippen LogP contribution in [0.3, 0.4) is 0 Å². The minimum atomic E-state index is -4.38. The zero-order valence-electron chi connectivity index (χ0n) is 12.2. The number of hydrogen-bond donors (Lipinski definition) is 0. The molecular formula is C15H18F3NO2. The van der Waals surface area contributed by atoms with Gasteiger partial charge in [-0.2, -0.15) is 13.2 Å². The molecule has 0 radical (unpaired) electrons. The van der Waals surface area contributed by atoms with Crippen molar-refractivity contribution in [3.63, 3.8) is 0 Å². The van der Waals surface area contributed by atoms with Gasteiger partial charge in [0.05, 0.1) is 12.1 Å². The van der Waals surface area contributed by atoms with Gasteiger partial charge in [0.25, 0.3) is 0 Å². The molecule has 0 spiro atoms. The van der Waals surface area contributed by atoms with Crippen LogP contribution in [0.15, 0.2) is 24.3 Å². The smallest absolute Gasteiger partial charge is 0.362 e. The molecule has 1 aromatic carbocycles. The quantitative estimate of drug-likeness (QED) is 0.795. The van der Waals surface area contributed by atoms with Crippen molar-refractivity contribution in [2.75, 3.05) is 13.2 Å². The van der Waals surface area contributed by atoms with Crippen LogP contribution in [-0.4, -0.2) is 29.5 Å². The van der Waals surface area contributed by atoms with Crippen molar-refractivity contribution in [1.29, 1.82) is 0 Å². The van der Waals surface area contributed by atoms with E-state index >= 15 is 0 Å². The molecule has 3 nitrogen and oxygen atoms in total. The van der Waals surface area contributed by atoms with Gasteiger partial charge in [0.1, 0.15) is 12.7 Å². The number of benzene rings is 1. The summed E-state index contributed by atoms with van der Waals surface area (Å²) < 4.78 is 43.7. The number of hydrogen-bond acceptors (Lipinski definition) is 2. The van der Waals surface area contributed by atoms with E-state index in [1.165, 1.54) is 6.07 Å². The van der Waals surface area contributed by atoms with Crippen molar-refractivity contribution in [2.24, 2.45) is 0 Å². The molecule has 1 saturated heterocycles. The third kappa shape index (κ3) is 3.56. The Bertz CT molecular complexity index is 534. The Morgan fingerprint density at radius 3 is 2.48 bits per heavy atom. The Labute approximate surface area is 121 Å². The molecular weight excluding hydrogens is 283 g/mol. The number of rotatable bonds is 1. The highest BCUT2D eigenvalue weighted by Gasteiger charge is 2.35. The monoisotopic (exact) mass is 301 g/mol. The predicted octanol–water partition coefficient (Wildman–Crippen LogP) is 3.40. The number of nitrogens with zero attached hydrogens (tertiary/aromatic N) is 1. The lowest BCUT2D eigenvalue weighted by Crippen LogP contribution is -2.52. The molecule has 1 atom stereocenters. The minimum absolute atomic E-state index is 0.113. The summed E-state index contributed by atoms with van der Waals surface area (Å²) >= 11 is 0. The molecule has 6 heteroatoms. The molecule has 0 aliphatic carbocycles. The average molecular weight is 301 g/mol. The summed E-state index contributed by atoms with van der Waals surface area (Å²) in [6, 6.07) is 5.07. The van der Waals surface area contributed by atoms with E-state index in [4.69, 9.17) is 4.74 Å². The van der Waals surface area contributed by atoms with E-state index in [1.54, 1.807) is 11.0 Å². The van der Waals surface area contributed by atoms with E-state index in [9.17, 15) is 18.0 Å². The fourth-order valence-electron chi connectivity index (χ4n) is 2.34. The zero-order chi connectivity index (χ0) is 15.8. The number of alkyl halides is 3. The second-order valence-corrected chi connectivity index (χ2v) is 6.10. The van der Waals surface area contributed by atoms with Crippen molar-refractivity contribution in [1.82, 2.24) is 4.90 Å². The molecule has 1 unspecified atom stereocenters. The van der Waals surface area contributed by atoms with Crippen LogP contribution in [-0.2, 0) is 15.7 Å². The lowest BCUT2D eigenvalue weighted by molar-refractivity contribution is -0.156. The van der Waals surface area contributed by atoms with Crippen molar-refractivity contribution in [2.45, 2.75) is 38.6 Å². The third-order valence-corrected chi connectivity index (χ3v) is 3.45. The molecule has 1 fully saturated rings. The lowest BCUT2D eigenvalue weighted by atomic mass is 10.00. The van der Waals surface area contributed by atoms with Gasteiger partial charge in [0, 0.05) is 5.54 Å². The molecule has 1 aliphatic heterocycles. The van der Waals surface area contributed by atoms with Crippen LogP contribution in [0.5, 0.6) is 0 Å². The normalized spacial score (nSPS) is 20.8. The first-order valence-electron chi connectivity index (χ1n) is 6.68. The summed E-state index contributed by atoms with van der Waals surface area (Å²) in [5.74, 6) is -0.147. The maximum Gasteiger partial charge on any atom is 0.416 e. The summed E-state index contributed by atoms with van der Waals surface area (Å²) in [5, 5.41) is 0. The Morgan fingerprint density at radius 1 is 1.24 bits per heavy atom. The van der Waals surface area contributed by atoms with Crippen LogP contribution in [0.25, 0.3) is 0 Å². The van der Waals surface area contributed by atoms with Gasteiger partial charge in [-0.05, 0) is 38.5 Å². The zero-order valence-corrected chi connectivity index (χ0v) is 12.2. The largest absolute Gasteiger partial charge is 0.416 e. The van der Waals surface area contributed by atoms with E-state index in [0.717, 1.165) is 12.1 Å². The topological polar surface area (TPSA) is 29.5 Å². The SMILES string of the molecule is CC(C)(C)N1CC(c2cccc(C(F)(F)F)c2)OCC1=O. The highest BCUT2D eigenvalue weighted by molar-refractivity contribution is 5.79. The van der Waals surface area contributed by atoms with Crippen LogP contribution in [0.4, 0.5) is 13.2 Å². The number of morpholine rings is 1. The van der Waals surface area contributed by atoms with Crippen LogP contribution in [0.2, 0.25) is 0 Å². The van der Waals surface area contributed by atoms with Gasteiger partial charge in [-0.25, -0.2) is 0 Å². The molecule has 116 valence electrons. The molecule has 1 aliphatic rings.